The maximum absolute atomic E-state index is 14.0. The van der Waals surface area contributed by atoms with Crippen LogP contribution in [0, 0.1) is 11.7 Å². The molecule has 39 heavy (non-hydrogen) atoms. The highest BCUT2D eigenvalue weighted by molar-refractivity contribution is 5.68. The summed E-state index contributed by atoms with van der Waals surface area (Å²) in [5.74, 6) is -1.38. The number of carbonyl (C=O) groups excluding carboxylic acids is 1. The zero-order chi connectivity index (χ0) is 28.2. The van der Waals surface area contributed by atoms with E-state index in [-0.39, 0.29) is 24.0 Å². The molecule has 1 saturated heterocycles. The van der Waals surface area contributed by atoms with Crippen molar-refractivity contribution in [3.63, 3.8) is 0 Å². The van der Waals surface area contributed by atoms with Gasteiger partial charge >= 0.3 is 12.3 Å². The molecule has 2 atom stereocenters. The van der Waals surface area contributed by atoms with Crippen molar-refractivity contribution >= 4 is 6.09 Å². The third kappa shape index (κ3) is 7.60. The van der Waals surface area contributed by atoms with Gasteiger partial charge in [-0.3, -0.25) is 0 Å². The fraction of sp³-hybridized carbons (Fsp3) is 0.387. The van der Waals surface area contributed by atoms with Crippen molar-refractivity contribution in [1.29, 1.82) is 0 Å². The smallest absolute Gasteiger partial charge is 0.416 e. The number of nitrogens with zero attached hydrogens (tertiary/aromatic N) is 1. The Kier molecular flexibility index (Phi) is 8.64. The van der Waals surface area contributed by atoms with Gasteiger partial charge in [0.15, 0.2) is 0 Å². The van der Waals surface area contributed by atoms with Gasteiger partial charge < -0.3 is 14.4 Å². The molecule has 0 saturated carbocycles. The lowest BCUT2D eigenvalue weighted by atomic mass is 9.75. The average molecular weight is 544 g/mol. The quantitative estimate of drug-likeness (QED) is 0.298. The number of benzene rings is 3. The summed E-state index contributed by atoms with van der Waals surface area (Å²) in [5.41, 5.74) is 0.443. The molecule has 4 nitrogen and oxygen atoms in total. The zero-order valence-corrected chi connectivity index (χ0v) is 22.2. The molecule has 0 aliphatic carbocycles. The molecule has 2 unspecified atom stereocenters. The van der Waals surface area contributed by atoms with Crippen molar-refractivity contribution in [1.82, 2.24) is 4.90 Å². The normalized spacial score (nSPS) is 18.3. The highest BCUT2D eigenvalue weighted by Crippen LogP contribution is 2.39. The van der Waals surface area contributed by atoms with Crippen molar-refractivity contribution in [2.75, 3.05) is 13.1 Å². The molecule has 3 aromatic rings. The molecule has 1 amide bonds. The molecule has 1 aliphatic heterocycles. The SMILES string of the molecule is CC(C)(C)OC(=O)N1CCC(OCc2cc(F)cc(C(F)(F)F)c2)C(C(c2ccccc2)c2ccccc2)C1. The van der Waals surface area contributed by atoms with Gasteiger partial charge in [-0.15, -0.1) is 0 Å². The summed E-state index contributed by atoms with van der Waals surface area (Å²) in [5, 5.41) is 0. The molecule has 1 fully saturated rings. The van der Waals surface area contributed by atoms with Crippen LogP contribution in [-0.4, -0.2) is 35.8 Å². The van der Waals surface area contributed by atoms with Crippen LogP contribution in [0.1, 0.15) is 55.4 Å². The van der Waals surface area contributed by atoms with Crippen LogP contribution >= 0.6 is 0 Å². The Morgan fingerprint density at radius 2 is 1.54 bits per heavy atom. The second kappa shape index (κ2) is 11.8. The highest BCUT2D eigenvalue weighted by atomic mass is 19.4. The van der Waals surface area contributed by atoms with Gasteiger partial charge in [-0.25, -0.2) is 9.18 Å². The van der Waals surface area contributed by atoms with Crippen molar-refractivity contribution in [2.24, 2.45) is 5.92 Å². The second-order valence-corrected chi connectivity index (χ2v) is 10.9. The molecule has 0 spiro atoms. The molecule has 8 heteroatoms. The van der Waals surface area contributed by atoms with Crippen molar-refractivity contribution in [3.05, 3.63) is 107 Å². The molecular weight excluding hydrogens is 510 g/mol. The van der Waals surface area contributed by atoms with Crippen LogP contribution in [0.5, 0.6) is 0 Å². The minimum Gasteiger partial charge on any atom is -0.444 e. The van der Waals surface area contributed by atoms with E-state index in [1.54, 1.807) is 4.90 Å². The van der Waals surface area contributed by atoms with Crippen LogP contribution in [0.3, 0.4) is 0 Å². The number of hydrogen-bond acceptors (Lipinski definition) is 3. The van der Waals surface area contributed by atoms with Crippen molar-refractivity contribution in [3.8, 4) is 0 Å². The van der Waals surface area contributed by atoms with Gasteiger partial charge in [0.05, 0.1) is 18.3 Å². The lowest BCUT2D eigenvalue weighted by molar-refractivity contribution is -0.137. The molecule has 0 aromatic heterocycles. The Labute approximate surface area is 226 Å². The number of carbonyl (C=O) groups is 1. The van der Waals surface area contributed by atoms with Gasteiger partial charge in [-0.1, -0.05) is 60.7 Å². The first-order chi connectivity index (χ1) is 18.4. The topological polar surface area (TPSA) is 38.8 Å². The standard InChI is InChI=1S/C31H33F4NO3/c1-30(2,3)39-29(37)36-15-14-27(38-20-21-16-24(31(33,34)35)18-25(32)17-21)26(19-36)28(22-10-6-4-7-11-22)23-12-8-5-9-13-23/h4-13,16-18,26-28H,14-15,19-20H2,1-3H3. The molecule has 0 N–H and O–H groups in total. The Bertz CT molecular complexity index is 1200. The van der Waals surface area contributed by atoms with E-state index < -0.39 is 35.4 Å². The van der Waals surface area contributed by atoms with E-state index in [1.807, 2.05) is 81.4 Å². The first-order valence-corrected chi connectivity index (χ1v) is 13.0. The van der Waals surface area contributed by atoms with E-state index >= 15 is 0 Å². The lowest BCUT2D eigenvalue weighted by Crippen LogP contribution is -2.50. The maximum Gasteiger partial charge on any atom is 0.416 e. The van der Waals surface area contributed by atoms with Crippen LogP contribution in [-0.2, 0) is 22.3 Å². The number of amides is 1. The van der Waals surface area contributed by atoms with E-state index in [1.165, 1.54) is 0 Å². The van der Waals surface area contributed by atoms with Crippen LogP contribution in [0.25, 0.3) is 0 Å². The van der Waals surface area contributed by atoms with Crippen molar-refractivity contribution in [2.45, 2.75) is 57.6 Å². The summed E-state index contributed by atoms with van der Waals surface area (Å²) in [7, 11) is 0. The summed E-state index contributed by atoms with van der Waals surface area (Å²) < 4.78 is 65.7. The number of piperidine rings is 1. The highest BCUT2D eigenvalue weighted by Gasteiger charge is 2.40. The van der Waals surface area contributed by atoms with Gasteiger partial charge in [-0.05, 0) is 62.1 Å². The Balaban J connectivity index is 1.66. The third-order valence-electron chi connectivity index (χ3n) is 6.74. The Morgan fingerprint density at radius 1 is 0.949 bits per heavy atom. The second-order valence-electron chi connectivity index (χ2n) is 10.9. The fourth-order valence-corrected chi connectivity index (χ4v) is 5.09. The number of ether oxygens (including phenoxy) is 2. The summed E-state index contributed by atoms with van der Waals surface area (Å²) in [6.07, 6.45) is -5.05. The summed E-state index contributed by atoms with van der Waals surface area (Å²) in [6, 6.07) is 22.2. The predicted octanol–water partition coefficient (Wildman–Crippen LogP) is 7.82. The molecule has 1 heterocycles. The Hall–Kier alpha value is -3.39. The molecule has 0 bridgehead atoms. The average Bonchev–Trinajstić information content (AvgIpc) is 2.87. The van der Waals surface area contributed by atoms with Crippen LogP contribution < -0.4 is 0 Å². The largest absolute Gasteiger partial charge is 0.444 e. The number of likely N-dealkylation sites (tertiary alicyclic amines) is 1. The fourth-order valence-electron chi connectivity index (χ4n) is 5.09. The van der Waals surface area contributed by atoms with E-state index in [9.17, 15) is 22.4 Å². The molecule has 1 aliphatic rings. The molecule has 0 radical (unpaired) electrons. The van der Waals surface area contributed by atoms with Gasteiger partial charge in [0.1, 0.15) is 11.4 Å². The number of alkyl halides is 3. The molecule has 4 rings (SSSR count). The van der Waals surface area contributed by atoms with Crippen LogP contribution in [0.4, 0.5) is 22.4 Å². The number of rotatable bonds is 6. The summed E-state index contributed by atoms with van der Waals surface area (Å²) >= 11 is 0. The monoisotopic (exact) mass is 543 g/mol. The maximum atomic E-state index is 14.0. The first kappa shape index (κ1) is 28.6. The lowest BCUT2D eigenvalue weighted by Gasteiger charge is -2.42. The molecular formula is C31H33F4NO3. The van der Waals surface area contributed by atoms with E-state index in [2.05, 4.69) is 0 Å². The van der Waals surface area contributed by atoms with E-state index in [0.717, 1.165) is 23.3 Å². The van der Waals surface area contributed by atoms with Crippen LogP contribution in [0.2, 0.25) is 0 Å². The summed E-state index contributed by atoms with van der Waals surface area (Å²) in [6.45, 7) is 5.93. The van der Waals surface area contributed by atoms with Crippen LogP contribution in [0.15, 0.2) is 78.9 Å². The molecule has 3 aromatic carbocycles. The third-order valence-corrected chi connectivity index (χ3v) is 6.74. The first-order valence-electron chi connectivity index (χ1n) is 13.0. The predicted molar refractivity (Wildman–Crippen MR) is 141 cm³/mol. The van der Waals surface area contributed by atoms with Gasteiger partial charge in [-0.2, -0.15) is 13.2 Å². The zero-order valence-electron chi connectivity index (χ0n) is 22.2. The van der Waals surface area contributed by atoms with Gasteiger partial charge in [0.2, 0.25) is 0 Å². The van der Waals surface area contributed by atoms with Gasteiger partial charge in [0, 0.05) is 24.9 Å². The minimum absolute atomic E-state index is 0.103. The number of hydrogen-bond donors (Lipinski definition) is 0. The van der Waals surface area contributed by atoms with Crippen molar-refractivity contribution < 1.29 is 31.8 Å². The van der Waals surface area contributed by atoms with E-state index in [4.69, 9.17) is 9.47 Å². The number of halogens is 4. The Morgan fingerprint density at radius 3 is 2.08 bits per heavy atom. The summed E-state index contributed by atoms with van der Waals surface area (Å²) in [4.78, 5) is 14.7. The molecule has 208 valence electrons. The minimum atomic E-state index is -4.66. The van der Waals surface area contributed by atoms with E-state index in [0.29, 0.717) is 25.6 Å². The van der Waals surface area contributed by atoms with Gasteiger partial charge in [0.25, 0.3) is 0 Å².